The van der Waals surface area contributed by atoms with Crippen LogP contribution in [0.25, 0.3) is 0 Å². The first kappa shape index (κ1) is 20.7. The number of amides is 1. The number of carbonyl (C=O) groups excluding carboxylic acids is 1. The molecule has 0 spiro atoms. The van der Waals surface area contributed by atoms with Crippen LogP contribution in [0.1, 0.15) is 5.56 Å². The largest absolute Gasteiger partial charge is 0.416 e. The standard InChI is InChI=1S/C17H18F3N3O3S/c1-23(2)27(25,26)15-8-4-6-13(10-15)21-11-16(24)22-14-7-3-5-12(9-14)17(18,19)20/h3-10,21H,11H2,1-2H3,(H,22,24). The van der Waals surface area contributed by atoms with Crippen molar-refractivity contribution in [2.24, 2.45) is 0 Å². The van der Waals surface area contributed by atoms with Crippen LogP contribution in [0.4, 0.5) is 24.5 Å². The van der Waals surface area contributed by atoms with Crippen molar-refractivity contribution in [3.63, 3.8) is 0 Å². The third kappa shape index (κ3) is 5.44. The molecule has 0 aromatic heterocycles. The van der Waals surface area contributed by atoms with Gasteiger partial charge in [0.2, 0.25) is 15.9 Å². The molecule has 0 bridgehead atoms. The Morgan fingerprint density at radius 2 is 1.67 bits per heavy atom. The Morgan fingerprint density at radius 1 is 1.04 bits per heavy atom. The second kappa shape index (κ2) is 7.97. The van der Waals surface area contributed by atoms with Crippen molar-refractivity contribution < 1.29 is 26.4 Å². The Kier molecular flexibility index (Phi) is 6.11. The van der Waals surface area contributed by atoms with Gasteiger partial charge in [-0.15, -0.1) is 0 Å². The highest BCUT2D eigenvalue weighted by Crippen LogP contribution is 2.30. The van der Waals surface area contributed by atoms with Crippen LogP contribution in [0, 0.1) is 0 Å². The van der Waals surface area contributed by atoms with E-state index in [-0.39, 0.29) is 17.1 Å². The lowest BCUT2D eigenvalue weighted by molar-refractivity contribution is -0.137. The van der Waals surface area contributed by atoms with E-state index in [4.69, 9.17) is 0 Å². The fourth-order valence-corrected chi connectivity index (χ4v) is 3.09. The smallest absolute Gasteiger partial charge is 0.376 e. The first-order chi connectivity index (χ1) is 12.5. The van der Waals surface area contributed by atoms with Gasteiger partial charge in [0.1, 0.15) is 0 Å². The van der Waals surface area contributed by atoms with E-state index in [2.05, 4.69) is 10.6 Å². The lowest BCUT2D eigenvalue weighted by Gasteiger charge is -2.13. The zero-order valence-electron chi connectivity index (χ0n) is 14.5. The highest BCUT2D eigenvalue weighted by atomic mass is 32.2. The zero-order valence-corrected chi connectivity index (χ0v) is 15.4. The highest BCUT2D eigenvalue weighted by Gasteiger charge is 2.30. The Bertz CT molecular complexity index is 928. The number of benzene rings is 2. The van der Waals surface area contributed by atoms with Crippen LogP contribution in [-0.2, 0) is 21.0 Å². The predicted molar refractivity (Wildman–Crippen MR) is 95.9 cm³/mol. The van der Waals surface area contributed by atoms with E-state index in [1.165, 1.54) is 44.4 Å². The maximum Gasteiger partial charge on any atom is 0.416 e. The van der Waals surface area contributed by atoms with Gasteiger partial charge in [0.15, 0.2) is 0 Å². The number of hydrogen-bond donors (Lipinski definition) is 2. The minimum atomic E-state index is -4.50. The Morgan fingerprint density at radius 3 is 2.30 bits per heavy atom. The van der Waals surface area contributed by atoms with Crippen molar-refractivity contribution in [3.05, 3.63) is 54.1 Å². The fourth-order valence-electron chi connectivity index (χ4n) is 2.14. The number of halogens is 3. The van der Waals surface area contributed by atoms with E-state index in [0.717, 1.165) is 16.4 Å². The average Bonchev–Trinajstić information content (AvgIpc) is 2.59. The van der Waals surface area contributed by atoms with Gasteiger partial charge in [0.25, 0.3) is 0 Å². The lowest BCUT2D eigenvalue weighted by Crippen LogP contribution is -2.23. The number of hydrogen-bond acceptors (Lipinski definition) is 4. The fraction of sp³-hybridized carbons (Fsp3) is 0.235. The monoisotopic (exact) mass is 401 g/mol. The van der Waals surface area contributed by atoms with Crippen molar-refractivity contribution in [1.29, 1.82) is 0 Å². The maximum atomic E-state index is 12.7. The molecule has 0 radical (unpaired) electrons. The molecule has 2 N–H and O–H groups in total. The van der Waals surface area contributed by atoms with Crippen molar-refractivity contribution in [2.45, 2.75) is 11.1 Å². The summed E-state index contributed by atoms with van der Waals surface area (Å²) in [4.78, 5) is 12.0. The molecule has 0 atom stereocenters. The van der Waals surface area contributed by atoms with Gasteiger partial charge in [-0.25, -0.2) is 12.7 Å². The van der Waals surface area contributed by atoms with E-state index in [9.17, 15) is 26.4 Å². The van der Waals surface area contributed by atoms with Crippen LogP contribution in [-0.4, -0.2) is 39.3 Å². The van der Waals surface area contributed by atoms with Crippen molar-refractivity contribution >= 4 is 27.3 Å². The summed E-state index contributed by atoms with van der Waals surface area (Å²) in [5, 5.41) is 5.10. The number of nitrogens with zero attached hydrogens (tertiary/aromatic N) is 1. The molecule has 0 saturated heterocycles. The SMILES string of the molecule is CN(C)S(=O)(=O)c1cccc(NCC(=O)Nc2cccc(C(F)(F)F)c2)c1. The van der Waals surface area contributed by atoms with Crippen LogP contribution in [0.2, 0.25) is 0 Å². The molecule has 2 rings (SSSR count). The molecule has 0 fully saturated rings. The summed E-state index contributed by atoms with van der Waals surface area (Å²) in [6.07, 6.45) is -4.50. The number of carbonyl (C=O) groups is 1. The molecule has 0 unspecified atom stereocenters. The minimum absolute atomic E-state index is 0.0144. The highest BCUT2D eigenvalue weighted by molar-refractivity contribution is 7.89. The molecule has 10 heteroatoms. The number of sulfonamides is 1. The van der Waals surface area contributed by atoms with Crippen LogP contribution in [0.3, 0.4) is 0 Å². The van der Waals surface area contributed by atoms with E-state index in [0.29, 0.717) is 5.69 Å². The third-order valence-electron chi connectivity index (χ3n) is 3.54. The predicted octanol–water partition coefficient (Wildman–Crippen LogP) is 3.01. The number of nitrogens with one attached hydrogen (secondary N) is 2. The van der Waals surface area contributed by atoms with Crippen molar-refractivity contribution in [2.75, 3.05) is 31.3 Å². The van der Waals surface area contributed by atoms with Gasteiger partial charge >= 0.3 is 6.18 Å². The van der Waals surface area contributed by atoms with Gasteiger partial charge in [-0.2, -0.15) is 13.2 Å². The molecule has 0 saturated carbocycles. The first-order valence-electron chi connectivity index (χ1n) is 7.74. The molecule has 1 amide bonds. The van der Waals surface area contributed by atoms with E-state index in [1.54, 1.807) is 6.07 Å². The third-order valence-corrected chi connectivity index (χ3v) is 5.35. The number of rotatable bonds is 6. The summed E-state index contributed by atoms with van der Waals surface area (Å²) >= 11 is 0. The molecule has 2 aromatic carbocycles. The van der Waals surface area contributed by atoms with Gasteiger partial charge < -0.3 is 10.6 Å². The molecule has 0 aliphatic rings. The average molecular weight is 401 g/mol. The molecule has 0 aliphatic heterocycles. The normalized spacial score (nSPS) is 12.1. The quantitative estimate of drug-likeness (QED) is 0.780. The molecule has 146 valence electrons. The Balaban J connectivity index is 2.03. The zero-order chi connectivity index (χ0) is 20.2. The molecule has 2 aromatic rings. The molecular formula is C17H18F3N3O3S. The summed E-state index contributed by atoms with van der Waals surface area (Å²) in [5.41, 5.74) is -0.465. The van der Waals surface area contributed by atoms with Crippen LogP contribution >= 0.6 is 0 Å². The minimum Gasteiger partial charge on any atom is -0.376 e. The van der Waals surface area contributed by atoms with E-state index in [1.807, 2.05) is 0 Å². The molecule has 0 aliphatic carbocycles. The maximum absolute atomic E-state index is 12.7. The van der Waals surface area contributed by atoms with E-state index >= 15 is 0 Å². The number of alkyl halides is 3. The second-order valence-corrected chi connectivity index (χ2v) is 7.95. The second-order valence-electron chi connectivity index (χ2n) is 5.80. The van der Waals surface area contributed by atoms with Crippen LogP contribution in [0.15, 0.2) is 53.4 Å². The molecule has 27 heavy (non-hydrogen) atoms. The summed E-state index contributed by atoms with van der Waals surface area (Å²) in [5.74, 6) is -0.574. The number of anilines is 2. The van der Waals surface area contributed by atoms with Crippen LogP contribution in [0.5, 0.6) is 0 Å². The van der Waals surface area contributed by atoms with Crippen molar-refractivity contribution in [1.82, 2.24) is 4.31 Å². The summed E-state index contributed by atoms with van der Waals surface area (Å²) < 4.78 is 63.3. The van der Waals surface area contributed by atoms with Crippen molar-refractivity contribution in [3.8, 4) is 0 Å². The summed E-state index contributed by atoms with van der Waals surface area (Å²) in [6, 6.07) is 10.2. The first-order valence-corrected chi connectivity index (χ1v) is 9.18. The van der Waals surface area contributed by atoms with Gasteiger partial charge in [0, 0.05) is 25.5 Å². The molecule has 6 nitrogen and oxygen atoms in total. The van der Waals surface area contributed by atoms with Gasteiger partial charge in [-0.05, 0) is 36.4 Å². The summed E-state index contributed by atoms with van der Waals surface area (Å²) in [7, 11) is -0.818. The van der Waals surface area contributed by atoms with E-state index < -0.39 is 27.7 Å². The summed E-state index contributed by atoms with van der Waals surface area (Å²) in [6.45, 7) is -0.248. The van der Waals surface area contributed by atoms with Gasteiger partial charge in [0.05, 0.1) is 17.0 Å². The topological polar surface area (TPSA) is 78.5 Å². The lowest BCUT2D eigenvalue weighted by atomic mass is 10.2. The molecular weight excluding hydrogens is 383 g/mol. The Labute approximate surface area is 155 Å². The van der Waals surface area contributed by atoms with Crippen LogP contribution < -0.4 is 10.6 Å². The Hall–Kier alpha value is -2.59. The van der Waals surface area contributed by atoms with Gasteiger partial charge in [-0.1, -0.05) is 12.1 Å². The molecule has 0 heterocycles. The van der Waals surface area contributed by atoms with Gasteiger partial charge in [-0.3, -0.25) is 4.79 Å².